The molecule has 2 N–H and O–H groups in total. The number of carbonyl (C=O) groups excluding carboxylic acids is 1. The summed E-state index contributed by atoms with van der Waals surface area (Å²) in [5, 5.41) is 17.9. The van der Waals surface area contributed by atoms with Gasteiger partial charge < -0.3 is 14.9 Å². The van der Waals surface area contributed by atoms with Gasteiger partial charge in [0.25, 0.3) is 0 Å². The maximum Gasteiger partial charge on any atom is 0.333 e. The fraction of sp³-hybridized carbons (Fsp3) is 0.583. The SMILES string of the molecule is C=C(C)C(=O)OC1CC(C(=O)O)CC(C(=O)O)C1. The Morgan fingerprint density at radius 3 is 1.83 bits per heavy atom. The third-order valence-electron chi connectivity index (χ3n) is 2.98. The van der Waals surface area contributed by atoms with Crippen molar-refractivity contribution >= 4 is 17.9 Å². The van der Waals surface area contributed by atoms with E-state index in [4.69, 9.17) is 14.9 Å². The minimum atomic E-state index is -1.06. The molecule has 2 atom stereocenters. The Morgan fingerprint density at radius 2 is 1.50 bits per heavy atom. The van der Waals surface area contributed by atoms with E-state index < -0.39 is 35.8 Å². The number of rotatable bonds is 4. The summed E-state index contributed by atoms with van der Waals surface area (Å²) in [4.78, 5) is 33.2. The standard InChI is InChI=1S/C12H16O6/c1-6(2)12(17)18-9-4-7(10(13)14)3-8(5-9)11(15)16/h7-9H,1,3-5H2,2H3,(H,13,14)(H,15,16). The van der Waals surface area contributed by atoms with Crippen LogP contribution in [0.3, 0.4) is 0 Å². The van der Waals surface area contributed by atoms with Crippen LogP contribution in [-0.2, 0) is 19.1 Å². The van der Waals surface area contributed by atoms with Crippen LogP contribution in [0.15, 0.2) is 12.2 Å². The molecule has 1 aliphatic rings. The molecule has 0 radical (unpaired) electrons. The predicted molar refractivity (Wildman–Crippen MR) is 60.8 cm³/mol. The zero-order valence-corrected chi connectivity index (χ0v) is 10.1. The maximum atomic E-state index is 11.3. The van der Waals surface area contributed by atoms with Crippen LogP contribution in [0, 0.1) is 11.8 Å². The monoisotopic (exact) mass is 256 g/mol. The lowest BCUT2D eigenvalue weighted by atomic mass is 9.79. The second-order valence-electron chi connectivity index (χ2n) is 4.59. The van der Waals surface area contributed by atoms with Crippen molar-refractivity contribution in [3.63, 3.8) is 0 Å². The lowest BCUT2D eigenvalue weighted by Gasteiger charge is -2.30. The molecular weight excluding hydrogens is 240 g/mol. The van der Waals surface area contributed by atoms with Gasteiger partial charge in [-0.3, -0.25) is 9.59 Å². The first-order chi connectivity index (χ1) is 8.31. The molecule has 1 rings (SSSR count). The summed E-state index contributed by atoms with van der Waals surface area (Å²) in [5.74, 6) is -4.31. The lowest BCUT2D eigenvalue weighted by molar-refractivity contribution is -0.159. The summed E-state index contributed by atoms with van der Waals surface area (Å²) in [7, 11) is 0. The van der Waals surface area contributed by atoms with Gasteiger partial charge in [-0.2, -0.15) is 0 Å². The van der Waals surface area contributed by atoms with Crippen LogP contribution in [0.4, 0.5) is 0 Å². The summed E-state index contributed by atoms with van der Waals surface area (Å²) in [6, 6.07) is 0. The molecule has 0 bridgehead atoms. The van der Waals surface area contributed by atoms with Crippen LogP contribution >= 0.6 is 0 Å². The summed E-state index contributed by atoms with van der Waals surface area (Å²) >= 11 is 0. The Bertz CT molecular complexity index is 364. The fourth-order valence-corrected chi connectivity index (χ4v) is 2.02. The molecule has 2 unspecified atom stereocenters. The summed E-state index contributed by atoms with van der Waals surface area (Å²) in [6.45, 7) is 4.90. The number of esters is 1. The van der Waals surface area contributed by atoms with E-state index >= 15 is 0 Å². The van der Waals surface area contributed by atoms with Crippen LogP contribution in [0.25, 0.3) is 0 Å². The number of carboxylic acids is 2. The highest BCUT2D eigenvalue weighted by atomic mass is 16.5. The first-order valence-corrected chi connectivity index (χ1v) is 5.63. The molecule has 0 aromatic rings. The molecule has 0 heterocycles. The van der Waals surface area contributed by atoms with Crippen LogP contribution in [0.5, 0.6) is 0 Å². The topological polar surface area (TPSA) is 101 Å². The Balaban J connectivity index is 2.73. The van der Waals surface area contributed by atoms with Crippen molar-refractivity contribution in [3.8, 4) is 0 Å². The predicted octanol–water partition coefficient (Wildman–Crippen LogP) is 1.06. The van der Waals surface area contributed by atoms with E-state index in [1.807, 2.05) is 0 Å². The minimum absolute atomic E-state index is 0.0752. The molecule has 1 saturated carbocycles. The van der Waals surface area contributed by atoms with Gasteiger partial charge in [0.05, 0.1) is 11.8 Å². The van der Waals surface area contributed by atoms with E-state index in [-0.39, 0.29) is 24.8 Å². The Kier molecular flexibility index (Phi) is 4.47. The molecule has 0 amide bonds. The molecule has 18 heavy (non-hydrogen) atoms. The van der Waals surface area contributed by atoms with Crippen LogP contribution < -0.4 is 0 Å². The smallest absolute Gasteiger partial charge is 0.333 e. The number of hydrogen-bond donors (Lipinski definition) is 2. The van der Waals surface area contributed by atoms with Gasteiger partial charge in [-0.05, 0) is 26.2 Å². The average Bonchev–Trinajstić information content (AvgIpc) is 2.28. The van der Waals surface area contributed by atoms with Gasteiger partial charge in [0.15, 0.2) is 0 Å². The second-order valence-corrected chi connectivity index (χ2v) is 4.59. The molecule has 100 valence electrons. The molecule has 0 saturated heterocycles. The van der Waals surface area contributed by atoms with Gasteiger partial charge in [0.1, 0.15) is 6.10 Å². The Morgan fingerprint density at radius 1 is 1.06 bits per heavy atom. The van der Waals surface area contributed by atoms with Crippen molar-refractivity contribution in [2.45, 2.75) is 32.3 Å². The van der Waals surface area contributed by atoms with Crippen LogP contribution in [0.2, 0.25) is 0 Å². The van der Waals surface area contributed by atoms with Gasteiger partial charge in [0.2, 0.25) is 0 Å². The summed E-state index contributed by atoms with van der Waals surface area (Å²) in [5.41, 5.74) is 0.208. The zero-order chi connectivity index (χ0) is 13.9. The van der Waals surface area contributed by atoms with Crippen molar-refractivity contribution in [1.82, 2.24) is 0 Å². The molecule has 0 spiro atoms. The highest BCUT2D eigenvalue weighted by Gasteiger charge is 2.37. The molecule has 0 aromatic heterocycles. The van der Waals surface area contributed by atoms with Crippen LogP contribution in [-0.4, -0.2) is 34.2 Å². The third-order valence-corrected chi connectivity index (χ3v) is 2.98. The highest BCUT2D eigenvalue weighted by molar-refractivity contribution is 5.87. The molecule has 6 heteroatoms. The number of hydrogen-bond acceptors (Lipinski definition) is 4. The van der Waals surface area contributed by atoms with Crippen molar-refractivity contribution in [2.24, 2.45) is 11.8 Å². The Labute approximate surface area is 104 Å². The molecule has 0 aliphatic heterocycles. The molecule has 1 aliphatic carbocycles. The first-order valence-electron chi connectivity index (χ1n) is 5.63. The van der Waals surface area contributed by atoms with Crippen molar-refractivity contribution < 1.29 is 29.3 Å². The van der Waals surface area contributed by atoms with Gasteiger partial charge >= 0.3 is 17.9 Å². The van der Waals surface area contributed by atoms with E-state index in [1.165, 1.54) is 6.92 Å². The quantitative estimate of drug-likeness (QED) is 0.576. The van der Waals surface area contributed by atoms with E-state index in [1.54, 1.807) is 0 Å². The van der Waals surface area contributed by atoms with Gasteiger partial charge in [-0.25, -0.2) is 4.79 Å². The van der Waals surface area contributed by atoms with Gasteiger partial charge in [-0.1, -0.05) is 6.58 Å². The fourth-order valence-electron chi connectivity index (χ4n) is 2.02. The summed E-state index contributed by atoms with van der Waals surface area (Å²) in [6.07, 6.45) is -0.299. The number of ether oxygens (including phenoxy) is 1. The first kappa shape index (κ1) is 14.2. The van der Waals surface area contributed by atoms with Crippen molar-refractivity contribution in [3.05, 3.63) is 12.2 Å². The second kappa shape index (κ2) is 5.66. The van der Waals surface area contributed by atoms with E-state index in [0.29, 0.717) is 0 Å². The molecule has 1 fully saturated rings. The molecular formula is C12H16O6. The highest BCUT2D eigenvalue weighted by Crippen LogP contribution is 2.31. The van der Waals surface area contributed by atoms with Crippen LogP contribution in [0.1, 0.15) is 26.2 Å². The third kappa shape index (κ3) is 3.58. The number of aliphatic carboxylic acids is 2. The van der Waals surface area contributed by atoms with Gasteiger partial charge in [-0.15, -0.1) is 0 Å². The lowest BCUT2D eigenvalue weighted by Crippen LogP contribution is -2.36. The van der Waals surface area contributed by atoms with E-state index in [9.17, 15) is 14.4 Å². The largest absolute Gasteiger partial charge is 0.481 e. The Hall–Kier alpha value is -1.85. The zero-order valence-electron chi connectivity index (χ0n) is 10.1. The summed E-state index contributed by atoms with van der Waals surface area (Å²) < 4.78 is 5.05. The van der Waals surface area contributed by atoms with E-state index in [0.717, 1.165) is 0 Å². The van der Waals surface area contributed by atoms with Crippen molar-refractivity contribution in [2.75, 3.05) is 0 Å². The normalized spacial score (nSPS) is 27.3. The van der Waals surface area contributed by atoms with E-state index in [2.05, 4.69) is 6.58 Å². The number of carbonyl (C=O) groups is 3. The van der Waals surface area contributed by atoms with Crippen molar-refractivity contribution in [1.29, 1.82) is 0 Å². The maximum absolute atomic E-state index is 11.3. The number of carboxylic acid groups (broad SMARTS) is 2. The molecule has 0 aromatic carbocycles. The minimum Gasteiger partial charge on any atom is -0.481 e. The van der Waals surface area contributed by atoms with Gasteiger partial charge in [0, 0.05) is 5.57 Å². The average molecular weight is 256 g/mol. The molecule has 6 nitrogen and oxygen atoms in total.